The highest BCUT2D eigenvalue weighted by Crippen LogP contribution is 2.34. The Labute approximate surface area is 179 Å². The van der Waals surface area contributed by atoms with Crippen LogP contribution in [0.1, 0.15) is 52.9 Å². The molecule has 6 nitrogen and oxygen atoms in total. The van der Waals surface area contributed by atoms with E-state index in [4.69, 9.17) is 0 Å². The van der Waals surface area contributed by atoms with Crippen molar-refractivity contribution < 1.29 is 9.59 Å². The van der Waals surface area contributed by atoms with Gasteiger partial charge in [-0.25, -0.2) is 4.98 Å². The summed E-state index contributed by atoms with van der Waals surface area (Å²) in [5, 5.41) is 0. The van der Waals surface area contributed by atoms with E-state index in [1.165, 1.54) is 0 Å². The molecule has 0 radical (unpaired) electrons. The molecule has 1 fully saturated rings. The fraction of sp³-hybridized carbons (Fsp3) is 0.542. The summed E-state index contributed by atoms with van der Waals surface area (Å²) in [6.45, 7) is 8.15. The first-order chi connectivity index (χ1) is 14.6. The zero-order valence-corrected chi connectivity index (χ0v) is 18.5. The zero-order valence-electron chi connectivity index (χ0n) is 18.5. The second-order valence-electron chi connectivity index (χ2n) is 7.98. The van der Waals surface area contributed by atoms with Crippen molar-refractivity contribution in [1.29, 1.82) is 0 Å². The van der Waals surface area contributed by atoms with Crippen LogP contribution >= 0.6 is 0 Å². The number of benzene rings is 1. The van der Waals surface area contributed by atoms with Gasteiger partial charge in [0.1, 0.15) is 0 Å². The van der Waals surface area contributed by atoms with E-state index in [2.05, 4.69) is 11.9 Å². The van der Waals surface area contributed by atoms with Gasteiger partial charge < -0.3 is 14.4 Å². The molecule has 2 atom stereocenters. The predicted molar refractivity (Wildman–Crippen MR) is 120 cm³/mol. The molecule has 162 valence electrons. The number of carbonyl (C=O) groups is 2. The van der Waals surface area contributed by atoms with Crippen molar-refractivity contribution in [3.05, 3.63) is 43.0 Å². The average molecular weight is 411 g/mol. The SMILES string of the molecule is CCCN(C(=O)C1CCCCC1C(=O)N(CC)CC)c1ccc(-n2ccnc2)cc1. The van der Waals surface area contributed by atoms with E-state index in [1.807, 2.05) is 58.7 Å². The van der Waals surface area contributed by atoms with Crippen LogP contribution in [0.5, 0.6) is 0 Å². The van der Waals surface area contributed by atoms with Crippen LogP contribution in [-0.4, -0.2) is 45.9 Å². The highest BCUT2D eigenvalue weighted by atomic mass is 16.2. The average Bonchev–Trinajstić information content (AvgIpc) is 3.33. The first-order valence-corrected chi connectivity index (χ1v) is 11.3. The van der Waals surface area contributed by atoms with Gasteiger partial charge in [0.2, 0.25) is 11.8 Å². The molecule has 1 heterocycles. The summed E-state index contributed by atoms with van der Waals surface area (Å²) in [4.78, 5) is 34.6. The summed E-state index contributed by atoms with van der Waals surface area (Å²) < 4.78 is 1.94. The standard InChI is InChI=1S/C24H34N4O2/c1-4-16-28(20-13-11-19(12-14-20)27-17-15-25-18-27)24(30)22-10-8-7-9-21(22)23(29)26(5-2)6-3/h11-15,17-18,21-22H,4-10,16H2,1-3H3. The van der Waals surface area contributed by atoms with Crippen molar-refractivity contribution in [3.8, 4) is 5.69 Å². The van der Waals surface area contributed by atoms with Crippen LogP contribution < -0.4 is 4.90 Å². The molecule has 1 aromatic carbocycles. The van der Waals surface area contributed by atoms with Crippen LogP contribution in [0, 0.1) is 11.8 Å². The van der Waals surface area contributed by atoms with Gasteiger partial charge in [0.05, 0.1) is 12.2 Å². The van der Waals surface area contributed by atoms with Gasteiger partial charge in [-0.15, -0.1) is 0 Å². The summed E-state index contributed by atoms with van der Waals surface area (Å²) in [6, 6.07) is 8.00. The number of aromatic nitrogens is 2. The Morgan fingerprint density at radius 2 is 1.63 bits per heavy atom. The Balaban J connectivity index is 1.83. The topological polar surface area (TPSA) is 58.4 Å². The van der Waals surface area contributed by atoms with Crippen LogP contribution in [0.15, 0.2) is 43.0 Å². The van der Waals surface area contributed by atoms with Crippen LogP contribution in [0.2, 0.25) is 0 Å². The third-order valence-corrected chi connectivity index (χ3v) is 6.15. The minimum atomic E-state index is -0.230. The number of imidazole rings is 1. The molecule has 0 bridgehead atoms. The largest absolute Gasteiger partial charge is 0.343 e. The molecular formula is C24H34N4O2. The Morgan fingerprint density at radius 3 is 2.17 bits per heavy atom. The van der Waals surface area contributed by atoms with E-state index >= 15 is 0 Å². The smallest absolute Gasteiger partial charge is 0.230 e. The monoisotopic (exact) mass is 410 g/mol. The van der Waals surface area contributed by atoms with E-state index in [0.717, 1.165) is 43.5 Å². The van der Waals surface area contributed by atoms with Crippen molar-refractivity contribution in [2.75, 3.05) is 24.5 Å². The molecular weight excluding hydrogens is 376 g/mol. The van der Waals surface area contributed by atoms with Crippen LogP contribution in [0.4, 0.5) is 5.69 Å². The molecule has 0 N–H and O–H groups in total. The molecule has 1 aliphatic rings. The zero-order chi connectivity index (χ0) is 21.5. The lowest BCUT2D eigenvalue weighted by Crippen LogP contribution is -2.47. The molecule has 3 rings (SSSR count). The van der Waals surface area contributed by atoms with E-state index in [9.17, 15) is 9.59 Å². The fourth-order valence-corrected chi connectivity index (χ4v) is 4.50. The van der Waals surface area contributed by atoms with E-state index in [1.54, 1.807) is 12.5 Å². The summed E-state index contributed by atoms with van der Waals surface area (Å²) >= 11 is 0. The lowest BCUT2D eigenvalue weighted by atomic mass is 9.77. The second-order valence-corrected chi connectivity index (χ2v) is 7.98. The van der Waals surface area contributed by atoms with E-state index in [0.29, 0.717) is 19.6 Å². The van der Waals surface area contributed by atoms with E-state index in [-0.39, 0.29) is 23.7 Å². The maximum Gasteiger partial charge on any atom is 0.230 e. The molecule has 6 heteroatoms. The van der Waals surface area contributed by atoms with Crippen molar-refractivity contribution in [3.63, 3.8) is 0 Å². The third kappa shape index (κ3) is 4.74. The summed E-state index contributed by atoms with van der Waals surface area (Å²) in [5.41, 5.74) is 1.90. The Hall–Kier alpha value is -2.63. The van der Waals surface area contributed by atoms with Crippen LogP contribution in [0.3, 0.4) is 0 Å². The highest BCUT2D eigenvalue weighted by molar-refractivity contribution is 5.98. The Kier molecular flexibility index (Phi) is 7.66. The molecule has 1 aromatic heterocycles. The summed E-state index contributed by atoms with van der Waals surface area (Å²) in [5.74, 6) is -0.190. The van der Waals surface area contributed by atoms with Crippen LogP contribution in [-0.2, 0) is 9.59 Å². The molecule has 0 saturated heterocycles. The molecule has 0 spiro atoms. The minimum Gasteiger partial charge on any atom is -0.343 e. The van der Waals surface area contributed by atoms with Gasteiger partial charge in [-0.05, 0) is 57.4 Å². The molecule has 2 unspecified atom stereocenters. The molecule has 1 aliphatic carbocycles. The summed E-state index contributed by atoms with van der Waals surface area (Å²) in [6.07, 6.45) is 9.92. The van der Waals surface area contributed by atoms with Crippen molar-refractivity contribution in [2.45, 2.75) is 52.9 Å². The molecule has 2 aromatic rings. The van der Waals surface area contributed by atoms with Gasteiger partial charge in [-0.1, -0.05) is 19.8 Å². The van der Waals surface area contributed by atoms with Crippen molar-refractivity contribution in [1.82, 2.24) is 14.5 Å². The summed E-state index contributed by atoms with van der Waals surface area (Å²) in [7, 11) is 0. The predicted octanol–water partition coefficient (Wildman–Crippen LogP) is 4.29. The number of carbonyl (C=O) groups excluding carboxylic acids is 2. The van der Waals surface area contributed by atoms with Gasteiger partial charge in [0.15, 0.2) is 0 Å². The van der Waals surface area contributed by atoms with Gasteiger partial charge in [-0.2, -0.15) is 0 Å². The molecule has 2 amide bonds. The van der Waals surface area contributed by atoms with E-state index < -0.39 is 0 Å². The third-order valence-electron chi connectivity index (χ3n) is 6.15. The maximum absolute atomic E-state index is 13.7. The van der Waals surface area contributed by atoms with Gasteiger partial charge in [-0.3, -0.25) is 9.59 Å². The number of nitrogens with zero attached hydrogens (tertiary/aromatic N) is 4. The van der Waals surface area contributed by atoms with Crippen molar-refractivity contribution >= 4 is 17.5 Å². The number of anilines is 1. The lowest BCUT2D eigenvalue weighted by molar-refractivity contribution is -0.142. The van der Waals surface area contributed by atoms with Gasteiger partial charge >= 0.3 is 0 Å². The van der Waals surface area contributed by atoms with Gasteiger partial charge in [0.25, 0.3) is 0 Å². The van der Waals surface area contributed by atoms with Gasteiger partial charge in [0, 0.05) is 49.3 Å². The quantitative estimate of drug-likeness (QED) is 0.652. The first kappa shape index (κ1) is 22.1. The number of hydrogen-bond acceptors (Lipinski definition) is 3. The minimum absolute atomic E-state index is 0.0948. The molecule has 1 saturated carbocycles. The van der Waals surface area contributed by atoms with Crippen LogP contribution in [0.25, 0.3) is 5.69 Å². The normalized spacial score (nSPS) is 18.8. The number of hydrogen-bond donors (Lipinski definition) is 0. The Morgan fingerprint density at radius 1 is 1.00 bits per heavy atom. The number of amides is 2. The lowest BCUT2D eigenvalue weighted by Gasteiger charge is -2.36. The van der Waals surface area contributed by atoms with Crippen molar-refractivity contribution in [2.24, 2.45) is 11.8 Å². The molecule has 0 aliphatic heterocycles. The number of rotatable bonds is 8. The fourth-order valence-electron chi connectivity index (χ4n) is 4.50. The maximum atomic E-state index is 13.7. The highest BCUT2D eigenvalue weighted by Gasteiger charge is 2.39. The first-order valence-electron chi connectivity index (χ1n) is 11.3. The second kappa shape index (κ2) is 10.4. The Bertz CT molecular complexity index is 812. The molecule has 30 heavy (non-hydrogen) atoms.